The van der Waals surface area contributed by atoms with Crippen LogP contribution in [0.2, 0.25) is 0 Å². The Labute approximate surface area is 73.2 Å². The van der Waals surface area contributed by atoms with Gasteiger partial charge in [-0.25, -0.2) is 0 Å². The minimum Gasteiger partial charge on any atom is -0.297 e. The van der Waals surface area contributed by atoms with Crippen molar-refractivity contribution in [2.24, 2.45) is 0 Å². The molecule has 0 radical (unpaired) electrons. The van der Waals surface area contributed by atoms with Crippen LogP contribution in [0.5, 0.6) is 0 Å². The molecule has 0 fully saturated rings. The number of carbonyl (C=O) groups excluding carboxylic acids is 1. The number of alkyl halides is 1. The van der Waals surface area contributed by atoms with Crippen LogP contribution in [0.15, 0.2) is 12.1 Å². The fourth-order valence-corrected chi connectivity index (χ4v) is 1.21. The normalized spacial score (nSPS) is 7.90. The summed E-state index contributed by atoms with van der Waals surface area (Å²) in [5.41, 5.74) is 0. The molecule has 0 atom stereocenters. The van der Waals surface area contributed by atoms with Crippen molar-refractivity contribution in [1.29, 1.82) is 0 Å². The van der Waals surface area contributed by atoms with Crippen molar-refractivity contribution in [3.63, 3.8) is 0 Å². The third kappa shape index (κ3) is 3.13. The molecule has 1 aromatic rings. The Morgan fingerprint density at radius 1 is 1.50 bits per heavy atom. The molecule has 0 bridgehead atoms. The van der Waals surface area contributed by atoms with Crippen LogP contribution in [0, 0.1) is 6.92 Å². The number of aldehydes is 1. The fraction of sp³-hybridized carbons (Fsp3) is 0.286. The molecule has 0 aliphatic carbocycles. The van der Waals surface area contributed by atoms with E-state index in [1.54, 1.807) is 0 Å². The molecule has 1 rings (SSSR count). The number of thiophene rings is 1. The van der Waals surface area contributed by atoms with Crippen LogP contribution in [-0.4, -0.2) is 12.1 Å². The van der Waals surface area contributed by atoms with E-state index in [1.807, 2.05) is 24.9 Å². The second kappa shape index (κ2) is 5.62. The van der Waals surface area contributed by atoms with Crippen molar-refractivity contribution in [1.82, 2.24) is 0 Å². The SMILES string of the molecule is CBr.Cc1ccc(C=O)s1. The predicted molar refractivity (Wildman–Crippen MR) is 49.3 cm³/mol. The molecule has 0 saturated heterocycles. The van der Waals surface area contributed by atoms with Gasteiger partial charge < -0.3 is 0 Å². The largest absolute Gasteiger partial charge is 0.297 e. The van der Waals surface area contributed by atoms with Crippen LogP contribution in [0.4, 0.5) is 0 Å². The van der Waals surface area contributed by atoms with Gasteiger partial charge in [0, 0.05) is 4.88 Å². The third-order valence-corrected chi connectivity index (χ3v) is 1.80. The maximum absolute atomic E-state index is 10.0. The summed E-state index contributed by atoms with van der Waals surface area (Å²) < 4.78 is 0. The zero-order chi connectivity index (χ0) is 7.98. The highest BCUT2D eigenvalue weighted by atomic mass is 79.9. The average molecular weight is 221 g/mol. The van der Waals surface area contributed by atoms with Gasteiger partial charge in [-0.1, -0.05) is 15.9 Å². The Kier molecular flexibility index (Phi) is 5.54. The maximum Gasteiger partial charge on any atom is 0.160 e. The quantitative estimate of drug-likeness (QED) is 0.526. The molecule has 1 nitrogen and oxygen atoms in total. The first-order chi connectivity index (χ1) is 4.83. The van der Waals surface area contributed by atoms with Crippen LogP contribution in [0.3, 0.4) is 0 Å². The lowest BCUT2D eigenvalue weighted by molar-refractivity contribution is 0.112. The molecule has 56 valence electrons. The molecule has 0 aliphatic rings. The molecule has 1 heterocycles. The minimum atomic E-state index is 0.808. The zero-order valence-electron chi connectivity index (χ0n) is 5.93. The number of hydrogen-bond acceptors (Lipinski definition) is 2. The summed E-state index contributed by atoms with van der Waals surface area (Å²) in [4.78, 5) is 12.0. The van der Waals surface area contributed by atoms with Gasteiger partial charge in [0.15, 0.2) is 6.29 Å². The van der Waals surface area contributed by atoms with Crippen molar-refractivity contribution in [3.8, 4) is 0 Å². The predicted octanol–water partition coefficient (Wildman–Crippen LogP) is 2.88. The van der Waals surface area contributed by atoms with Crippen molar-refractivity contribution in [3.05, 3.63) is 21.9 Å². The van der Waals surface area contributed by atoms with Crippen LogP contribution < -0.4 is 0 Å². The molecule has 0 amide bonds. The highest BCUT2D eigenvalue weighted by molar-refractivity contribution is 9.08. The Balaban J connectivity index is 0.000000371. The highest BCUT2D eigenvalue weighted by Gasteiger charge is 1.90. The molecular formula is C7H9BrOS. The van der Waals surface area contributed by atoms with Gasteiger partial charge in [0.1, 0.15) is 0 Å². The highest BCUT2D eigenvalue weighted by Crippen LogP contribution is 2.11. The van der Waals surface area contributed by atoms with Crippen LogP contribution >= 0.6 is 27.3 Å². The number of rotatable bonds is 1. The standard InChI is InChI=1S/C6H6OS.CH3Br/c1-5-2-3-6(4-7)8-5;1-2/h2-4H,1H3;1H3. The molecule has 3 heteroatoms. The summed E-state index contributed by atoms with van der Waals surface area (Å²) >= 11 is 4.46. The van der Waals surface area contributed by atoms with Gasteiger partial charge in [0.2, 0.25) is 0 Å². The summed E-state index contributed by atoms with van der Waals surface area (Å²) in [6.07, 6.45) is 0.873. The average Bonchev–Trinajstić information content (AvgIpc) is 2.40. The zero-order valence-corrected chi connectivity index (χ0v) is 8.33. The minimum absolute atomic E-state index is 0.808. The molecule has 0 spiro atoms. The Bertz CT molecular complexity index is 195. The number of carbonyl (C=O) groups is 1. The second-order valence-corrected chi connectivity index (χ2v) is 2.89. The fourth-order valence-electron chi connectivity index (χ4n) is 0.517. The molecule has 0 aromatic carbocycles. The van der Waals surface area contributed by atoms with Crippen molar-refractivity contribution < 1.29 is 4.79 Å². The summed E-state index contributed by atoms with van der Waals surface area (Å²) in [5, 5.41) is 0. The molecule has 0 aliphatic heterocycles. The monoisotopic (exact) mass is 220 g/mol. The van der Waals surface area contributed by atoms with E-state index in [4.69, 9.17) is 0 Å². The molecule has 1 aromatic heterocycles. The Morgan fingerprint density at radius 3 is 2.30 bits per heavy atom. The van der Waals surface area contributed by atoms with E-state index >= 15 is 0 Å². The summed E-state index contributed by atoms with van der Waals surface area (Å²) in [6.45, 7) is 1.98. The maximum atomic E-state index is 10.0. The number of aryl methyl sites for hydroxylation is 1. The molecule has 0 N–H and O–H groups in total. The van der Waals surface area contributed by atoms with Gasteiger partial charge in [0.25, 0.3) is 0 Å². The van der Waals surface area contributed by atoms with E-state index in [0.717, 1.165) is 11.2 Å². The van der Waals surface area contributed by atoms with Crippen molar-refractivity contribution in [2.45, 2.75) is 6.92 Å². The van der Waals surface area contributed by atoms with Gasteiger partial charge in [-0.05, 0) is 24.9 Å². The van der Waals surface area contributed by atoms with E-state index in [-0.39, 0.29) is 0 Å². The molecule has 0 unspecified atom stereocenters. The van der Waals surface area contributed by atoms with E-state index in [1.165, 1.54) is 16.2 Å². The van der Waals surface area contributed by atoms with Crippen molar-refractivity contribution in [2.75, 3.05) is 5.83 Å². The summed E-state index contributed by atoms with van der Waals surface area (Å²) in [5.74, 6) is 1.81. The smallest absolute Gasteiger partial charge is 0.160 e. The summed E-state index contributed by atoms with van der Waals surface area (Å²) in [7, 11) is 0. The molecular weight excluding hydrogens is 212 g/mol. The molecule has 0 saturated carbocycles. The first kappa shape index (κ1) is 9.85. The van der Waals surface area contributed by atoms with Gasteiger partial charge in [-0.3, -0.25) is 4.79 Å². The summed E-state index contributed by atoms with van der Waals surface area (Å²) in [6, 6.07) is 3.77. The first-order valence-corrected chi connectivity index (χ1v) is 5.12. The van der Waals surface area contributed by atoms with Gasteiger partial charge in [0.05, 0.1) is 4.88 Å². The van der Waals surface area contributed by atoms with Gasteiger partial charge >= 0.3 is 0 Å². The van der Waals surface area contributed by atoms with Gasteiger partial charge in [-0.2, -0.15) is 0 Å². The third-order valence-electron chi connectivity index (χ3n) is 0.877. The second-order valence-electron chi connectivity index (χ2n) is 1.57. The van der Waals surface area contributed by atoms with E-state index < -0.39 is 0 Å². The topological polar surface area (TPSA) is 17.1 Å². The number of halogens is 1. The Morgan fingerprint density at radius 2 is 2.10 bits per heavy atom. The van der Waals surface area contributed by atoms with Crippen LogP contribution in [-0.2, 0) is 0 Å². The lowest BCUT2D eigenvalue weighted by Crippen LogP contribution is -1.61. The Hall–Kier alpha value is -0.150. The van der Waals surface area contributed by atoms with E-state index in [0.29, 0.717) is 0 Å². The van der Waals surface area contributed by atoms with Crippen molar-refractivity contribution >= 4 is 33.6 Å². The lowest BCUT2D eigenvalue weighted by Gasteiger charge is -1.71. The molecule has 10 heavy (non-hydrogen) atoms. The van der Waals surface area contributed by atoms with E-state index in [9.17, 15) is 4.79 Å². The van der Waals surface area contributed by atoms with Gasteiger partial charge in [-0.15, -0.1) is 11.3 Å². The number of hydrogen-bond donors (Lipinski definition) is 0. The first-order valence-electron chi connectivity index (χ1n) is 2.72. The van der Waals surface area contributed by atoms with E-state index in [2.05, 4.69) is 15.9 Å². The lowest BCUT2D eigenvalue weighted by atomic mass is 10.5. The van der Waals surface area contributed by atoms with Crippen LogP contribution in [0.1, 0.15) is 14.5 Å². The van der Waals surface area contributed by atoms with Crippen LogP contribution in [0.25, 0.3) is 0 Å².